The van der Waals surface area contributed by atoms with Gasteiger partial charge in [0.05, 0.1) is 12.1 Å². The van der Waals surface area contributed by atoms with E-state index >= 15 is 0 Å². The Bertz CT molecular complexity index is 819. The molecule has 1 N–H and O–H groups in total. The summed E-state index contributed by atoms with van der Waals surface area (Å²) in [4.78, 5) is 16.6. The smallest absolute Gasteiger partial charge is 0.255 e. The van der Waals surface area contributed by atoms with Crippen LogP contribution in [0.15, 0.2) is 78.0 Å². The number of anilines is 1. The fraction of sp³-hybridized carbons (Fsp3) is 0.100. The molecule has 1 heterocycles. The van der Waals surface area contributed by atoms with Crippen molar-refractivity contribution in [1.82, 2.24) is 4.98 Å². The third kappa shape index (κ3) is 4.84. The van der Waals surface area contributed by atoms with Gasteiger partial charge in [0.2, 0.25) is 0 Å². The molecule has 0 saturated carbocycles. The van der Waals surface area contributed by atoms with Crippen LogP contribution >= 0.6 is 11.8 Å². The number of ether oxygens (including phenoxy) is 1. The van der Waals surface area contributed by atoms with Crippen LogP contribution in [0.1, 0.15) is 15.9 Å². The lowest BCUT2D eigenvalue weighted by atomic mass is 10.1. The zero-order valence-corrected chi connectivity index (χ0v) is 14.6. The van der Waals surface area contributed by atoms with Crippen molar-refractivity contribution in [2.45, 2.75) is 10.8 Å². The number of hydrogen-bond acceptors (Lipinski definition) is 4. The Balaban J connectivity index is 1.58. The lowest BCUT2D eigenvalue weighted by molar-refractivity contribution is 0.102. The van der Waals surface area contributed by atoms with Crippen molar-refractivity contribution < 1.29 is 9.53 Å². The number of aromatic nitrogens is 1. The van der Waals surface area contributed by atoms with Crippen molar-refractivity contribution in [3.05, 3.63) is 84.1 Å². The lowest BCUT2D eigenvalue weighted by Gasteiger charge is -2.07. The quantitative estimate of drug-likeness (QED) is 0.658. The molecule has 25 heavy (non-hydrogen) atoms. The van der Waals surface area contributed by atoms with Gasteiger partial charge in [-0.05, 0) is 54.1 Å². The van der Waals surface area contributed by atoms with Gasteiger partial charge >= 0.3 is 0 Å². The fourth-order valence-corrected chi connectivity index (χ4v) is 3.04. The van der Waals surface area contributed by atoms with Gasteiger partial charge in [0.15, 0.2) is 0 Å². The molecular weight excluding hydrogens is 332 g/mol. The zero-order chi connectivity index (χ0) is 17.5. The summed E-state index contributed by atoms with van der Waals surface area (Å²) < 4.78 is 5.11. The highest BCUT2D eigenvalue weighted by Crippen LogP contribution is 2.21. The van der Waals surface area contributed by atoms with E-state index in [1.165, 1.54) is 0 Å². The molecule has 2 aromatic carbocycles. The minimum Gasteiger partial charge on any atom is -0.497 e. The van der Waals surface area contributed by atoms with Crippen LogP contribution in [-0.2, 0) is 5.75 Å². The second-order valence-corrected chi connectivity index (χ2v) is 6.33. The highest BCUT2D eigenvalue weighted by Gasteiger charge is 2.06. The van der Waals surface area contributed by atoms with E-state index in [1.807, 2.05) is 66.7 Å². The van der Waals surface area contributed by atoms with Gasteiger partial charge in [0.1, 0.15) is 5.75 Å². The number of nitrogens with one attached hydrogen (secondary N) is 1. The standard InChI is InChI=1S/C20H18N2O2S/c1-24-18-11-9-17(10-12-18)22-20(23)16-7-5-15(6-8-16)14-25-19-4-2-3-13-21-19/h2-13H,14H2,1H3,(H,22,23). The van der Waals surface area contributed by atoms with Crippen molar-refractivity contribution in [3.8, 4) is 5.75 Å². The van der Waals surface area contributed by atoms with Crippen LogP contribution in [0.2, 0.25) is 0 Å². The van der Waals surface area contributed by atoms with Crippen molar-refractivity contribution in [1.29, 1.82) is 0 Å². The Morgan fingerprint density at radius 1 is 1.04 bits per heavy atom. The first-order valence-corrected chi connectivity index (χ1v) is 8.81. The first kappa shape index (κ1) is 17.0. The van der Waals surface area contributed by atoms with Crippen LogP contribution < -0.4 is 10.1 Å². The second kappa shape index (κ2) is 8.35. The molecular formula is C20H18N2O2S. The number of rotatable bonds is 6. The van der Waals surface area contributed by atoms with E-state index in [0.29, 0.717) is 5.56 Å². The molecule has 0 unspecified atom stereocenters. The number of amides is 1. The molecule has 0 fully saturated rings. The molecule has 4 nitrogen and oxygen atoms in total. The second-order valence-electron chi connectivity index (χ2n) is 5.34. The number of benzene rings is 2. The van der Waals surface area contributed by atoms with E-state index in [4.69, 9.17) is 4.74 Å². The number of carbonyl (C=O) groups excluding carboxylic acids is 1. The Labute approximate surface area is 151 Å². The predicted molar refractivity (Wildman–Crippen MR) is 101 cm³/mol. The summed E-state index contributed by atoms with van der Waals surface area (Å²) in [5.41, 5.74) is 2.51. The fourth-order valence-electron chi connectivity index (χ4n) is 2.22. The van der Waals surface area contributed by atoms with Crippen LogP contribution in [0.5, 0.6) is 5.75 Å². The minimum absolute atomic E-state index is 0.130. The highest BCUT2D eigenvalue weighted by atomic mass is 32.2. The van der Waals surface area contributed by atoms with E-state index in [1.54, 1.807) is 25.1 Å². The molecule has 0 aliphatic rings. The molecule has 5 heteroatoms. The molecule has 0 bridgehead atoms. The third-order valence-corrected chi connectivity index (χ3v) is 4.60. The normalized spacial score (nSPS) is 10.3. The molecule has 126 valence electrons. The van der Waals surface area contributed by atoms with Gasteiger partial charge in [-0.3, -0.25) is 4.79 Å². The molecule has 0 radical (unpaired) electrons. The lowest BCUT2D eigenvalue weighted by Crippen LogP contribution is -2.11. The van der Waals surface area contributed by atoms with Crippen molar-refractivity contribution in [2.24, 2.45) is 0 Å². The van der Waals surface area contributed by atoms with E-state index in [2.05, 4.69) is 10.3 Å². The number of pyridine rings is 1. The molecule has 0 atom stereocenters. The van der Waals surface area contributed by atoms with E-state index in [0.717, 1.165) is 27.8 Å². The summed E-state index contributed by atoms with van der Waals surface area (Å²) in [7, 11) is 1.61. The Morgan fingerprint density at radius 3 is 2.44 bits per heavy atom. The number of thioether (sulfide) groups is 1. The third-order valence-electron chi connectivity index (χ3n) is 3.59. The molecule has 3 rings (SSSR count). The maximum atomic E-state index is 12.3. The molecule has 0 aliphatic carbocycles. The van der Waals surface area contributed by atoms with Crippen molar-refractivity contribution in [2.75, 3.05) is 12.4 Å². The Morgan fingerprint density at radius 2 is 1.80 bits per heavy atom. The average Bonchev–Trinajstić information content (AvgIpc) is 2.68. The highest BCUT2D eigenvalue weighted by molar-refractivity contribution is 7.98. The van der Waals surface area contributed by atoms with Crippen molar-refractivity contribution >= 4 is 23.4 Å². The maximum absolute atomic E-state index is 12.3. The number of nitrogens with zero attached hydrogens (tertiary/aromatic N) is 1. The van der Waals surface area contributed by atoms with Crippen LogP contribution in [0, 0.1) is 0 Å². The average molecular weight is 350 g/mol. The largest absolute Gasteiger partial charge is 0.497 e. The summed E-state index contributed by atoms with van der Waals surface area (Å²) >= 11 is 1.67. The molecule has 0 aliphatic heterocycles. The van der Waals surface area contributed by atoms with Gasteiger partial charge in [0, 0.05) is 23.2 Å². The van der Waals surface area contributed by atoms with Crippen LogP contribution in [0.25, 0.3) is 0 Å². The van der Waals surface area contributed by atoms with Gasteiger partial charge in [0.25, 0.3) is 5.91 Å². The maximum Gasteiger partial charge on any atom is 0.255 e. The van der Waals surface area contributed by atoms with Gasteiger partial charge in [-0.2, -0.15) is 0 Å². The van der Waals surface area contributed by atoms with Gasteiger partial charge < -0.3 is 10.1 Å². The molecule has 3 aromatic rings. The summed E-state index contributed by atoms with van der Waals surface area (Å²) in [6.45, 7) is 0. The van der Waals surface area contributed by atoms with Crippen LogP contribution in [-0.4, -0.2) is 18.0 Å². The van der Waals surface area contributed by atoms with Gasteiger partial charge in [-0.15, -0.1) is 11.8 Å². The van der Waals surface area contributed by atoms with Crippen LogP contribution in [0.3, 0.4) is 0 Å². The summed E-state index contributed by atoms with van der Waals surface area (Å²) in [6, 6.07) is 20.7. The topological polar surface area (TPSA) is 51.2 Å². The molecule has 0 saturated heterocycles. The Kier molecular flexibility index (Phi) is 5.69. The minimum atomic E-state index is -0.130. The predicted octanol–water partition coefficient (Wildman–Crippen LogP) is 4.63. The SMILES string of the molecule is COc1ccc(NC(=O)c2ccc(CSc3ccccn3)cc2)cc1. The number of carbonyl (C=O) groups is 1. The van der Waals surface area contributed by atoms with Crippen molar-refractivity contribution in [3.63, 3.8) is 0 Å². The molecule has 1 aromatic heterocycles. The molecule has 1 amide bonds. The zero-order valence-electron chi connectivity index (χ0n) is 13.8. The number of methoxy groups -OCH3 is 1. The summed E-state index contributed by atoms with van der Waals surface area (Å²) in [6.07, 6.45) is 1.79. The van der Waals surface area contributed by atoms with Gasteiger partial charge in [-0.25, -0.2) is 4.98 Å². The first-order valence-electron chi connectivity index (χ1n) is 7.83. The summed E-state index contributed by atoms with van der Waals surface area (Å²) in [5, 5.41) is 3.87. The first-order chi connectivity index (χ1) is 12.2. The van der Waals surface area contributed by atoms with Crippen LogP contribution in [0.4, 0.5) is 5.69 Å². The van der Waals surface area contributed by atoms with E-state index < -0.39 is 0 Å². The van der Waals surface area contributed by atoms with Gasteiger partial charge in [-0.1, -0.05) is 18.2 Å². The monoisotopic (exact) mass is 350 g/mol. The summed E-state index contributed by atoms with van der Waals surface area (Å²) in [5.74, 6) is 1.44. The van der Waals surface area contributed by atoms with E-state index in [-0.39, 0.29) is 5.91 Å². The Hall–Kier alpha value is -2.79. The number of hydrogen-bond donors (Lipinski definition) is 1. The van der Waals surface area contributed by atoms with E-state index in [9.17, 15) is 4.79 Å². The molecule has 0 spiro atoms.